The fraction of sp³-hybridized carbons (Fsp3) is 0.909. The lowest BCUT2D eigenvalue weighted by atomic mass is 10.1. The van der Waals surface area contributed by atoms with Crippen LogP contribution in [0.2, 0.25) is 0 Å². The summed E-state index contributed by atoms with van der Waals surface area (Å²) in [4.78, 5) is 13.9. The van der Waals surface area contributed by atoms with Gasteiger partial charge in [0.1, 0.15) is 0 Å². The Kier molecular flexibility index (Phi) is 6.22. The second kappa shape index (κ2) is 7.20. The van der Waals surface area contributed by atoms with Crippen LogP contribution in [0.1, 0.15) is 25.7 Å². The molecule has 0 aromatic carbocycles. The first-order valence-electron chi connectivity index (χ1n) is 5.74. The molecule has 1 saturated heterocycles. The summed E-state index contributed by atoms with van der Waals surface area (Å²) in [5.74, 6) is 0.895. The molecule has 0 aromatic heterocycles. The van der Waals surface area contributed by atoms with Gasteiger partial charge in [0, 0.05) is 12.4 Å². The number of likely N-dealkylation sites (N-methyl/N-ethyl adjacent to an activating group) is 1. The van der Waals surface area contributed by atoms with Crippen LogP contribution in [0.5, 0.6) is 0 Å². The first-order valence-corrected chi connectivity index (χ1v) is 6.28. The van der Waals surface area contributed by atoms with Gasteiger partial charge in [-0.1, -0.05) is 12.8 Å². The number of hydrogen-bond acceptors (Lipinski definition) is 3. The van der Waals surface area contributed by atoms with E-state index in [0.29, 0.717) is 18.2 Å². The van der Waals surface area contributed by atoms with Gasteiger partial charge in [-0.2, -0.15) is 0 Å². The molecule has 15 heavy (non-hydrogen) atoms. The van der Waals surface area contributed by atoms with E-state index in [0.717, 1.165) is 19.5 Å². The molecule has 1 rings (SSSR count). The number of nitrogens with zero attached hydrogens (tertiary/aromatic N) is 1. The molecule has 0 bridgehead atoms. The number of alkyl halides is 1. The van der Waals surface area contributed by atoms with E-state index in [-0.39, 0.29) is 6.04 Å². The Labute approximate surface area is 97.2 Å². The average Bonchev–Trinajstić information content (AvgIpc) is 2.45. The Hall–Kier alpha value is -0.120. The summed E-state index contributed by atoms with van der Waals surface area (Å²) >= 11 is 5.62. The standard InChI is InChI=1S/C11H21ClN2O/c1-14(8-6-12)9-11(15)10-5-3-2-4-7-13-10/h10,13H,2-9H2,1H3. The van der Waals surface area contributed by atoms with Gasteiger partial charge in [0.05, 0.1) is 12.6 Å². The molecule has 1 aliphatic rings. The summed E-state index contributed by atoms with van der Waals surface area (Å²) in [5, 5.41) is 3.32. The molecule has 0 saturated carbocycles. The lowest BCUT2D eigenvalue weighted by Crippen LogP contribution is -2.42. The molecule has 0 radical (unpaired) electrons. The minimum atomic E-state index is 0.0743. The second-order valence-corrected chi connectivity index (χ2v) is 4.63. The summed E-state index contributed by atoms with van der Waals surface area (Å²) in [7, 11) is 1.94. The van der Waals surface area contributed by atoms with Crippen LogP contribution in [0.4, 0.5) is 0 Å². The number of nitrogens with one attached hydrogen (secondary N) is 1. The number of rotatable bonds is 5. The quantitative estimate of drug-likeness (QED) is 0.725. The summed E-state index contributed by atoms with van der Waals surface area (Å²) in [6.45, 7) is 2.28. The number of ketones is 1. The highest BCUT2D eigenvalue weighted by molar-refractivity contribution is 6.18. The van der Waals surface area contributed by atoms with E-state index in [9.17, 15) is 4.79 Å². The predicted molar refractivity (Wildman–Crippen MR) is 63.5 cm³/mol. The maximum atomic E-state index is 11.9. The van der Waals surface area contributed by atoms with Gasteiger partial charge in [0.15, 0.2) is 5.78 Å². The first-order chi connectivity index (χ1) is 7.24. The molecule has 1 N–H and O–H groups in total. The molecule has 1 unspecified atom stereocenters. The zero-order valence-corrected chi connectivity index (χ0v) is 10.2. The van der Waals surface area contributed by atoms with E-state index in [1.54, 1.807) is 0 Å². The van der Waals surface area contributed by atoms with Crippen molar-refractivity contribution in [1.82, 2.24) is 10.2 Å². The van der Waals surface area contributed by atoms with Gasteiger partial charge in [-0.25, -0.2) is 0 Å². The maximum absolute atomic E-state index is 11.9. The summed E-state index contributed by atoms with van der Waals surface area (Å²) < 4.78 is 0. The Morgan fingerprint density at radius 1 is 1.47 bits per heavy atom. The summed E-state index contributed by atoms with van der Waals surface area (Å²) in [6, 6.07) is 0.0743. The normalized spacial score (nSPS) is 22.7. The van der Waals surface area contributed by atoms with E-state index in [4.69, 9.17) is 11.6 Å². The highest BCUT2D eigenvalue weighted by atomic mass is 35.5. The molecule has 3 nitrogen and oxygen atoms in total. The van der Waals surface area contributed by atoms with E-state index in [1.807, 2.05) is 11.9 Å². The number of hydrogen-bond donors (Lipinski definition) is 1. The number of halogens is 1. The maximum Gasteiger partial charge on any atom is 0.163 e. The van der Waals surface area contributed by atoms with Crippen molar-refractivity contribution in [3.05, 3.63) is 0 Å². The van der Waals surface area contributed by atoms with Crippen molar-refractivity contribution in [3.8, 4) is 0 Å². The van der Waals surface area contributed by atoms with Crippen molar-refractivity contribution in [2.24, 2.45) is 0 Å². The Bertz CT molecular complexity index is 191. The third-order valence-electron chi connectivity index (χ3n) is 2.84. The van der Waals surface area contributed by atoms with Crippen molar-refractivity contribution >= 4 is 17.4 Å². The van der Waals surface area contributed by atoms with E-state index < -0.39 is 0 Å². The topological polar surface area (TPSA) is 32.3 Å². The summed E-state index contributed by atoms with van der Waals surface area (Å²) in [6.07, 6.45) is 4.60. The fourth-order valence-electron chi connectivity index (χ4n) is 1.90. The van der Waals surface area contributed by atoms with Gasteiger partial charge in [-0.05, 0) is 26.4 Å². The van der Waals surface area contributed by atoms with Crippen LogP contribution in [0, 0.1) is 0 Å². The van der Waals surface area contributed by atoms with Gasteiger partial charge in [0.25, 0.3) is 0 Å². The third-order valence-corrected chi connectivity index (χ3v) is 3.01. The molecule has 0 amide bonds. The molecule has 1 atom stereocenters. The molecular formula is C11H21ClN2O. The Morgan fingerprint density at radius 3 is 3.00 bits per heavy atom. The van der Waals surface area contributed by atoms with Crippen LogP contribution in [-0.2, 0) is 4.79 Å². The van der Waals surface area contributed by atoms with Gasteiger partial charge in [-0.15, -0.1) is 11.6 Å². The van der Waals surface area contributed by atoms with Crippen LogP contribution in [0.15, 0.2) is 0 Å². The smallest absolute Gasteiger partial charge is 0.163 e. The van der Waals surface area contributed by atoms with Gasteiger partial charge < -0.3 is 5.32 Å². The zero-order valence-electron chi connectivity index (χ0n) is 9.47. The van der Waals surface area contributed by atoms with Crippen LogP contribution >= 0.6 is 11.6 Å². The molecule has 0 aliphatic carbocycles. The molecule has 88 valence electrons. The number of carbonyl (C=O) groups is 1. The van der Waals surface area contributed by atoms with Crippen LogP contribution in [0.25, 0.3) is 0 Å². The highest BCUT2D eigenvalue weighted by Crippen LogP contribution is 2.09. The largest absolute Gasteiger partial charge is 0.307 e. The monoisotopic (exact) mass is 232 g/mol. The van der Waals surface area contributed by atoms with Crippen molar-refractivity contribution in [2.75, 3.05) is 32.6 Å². The molecule has 1 heterocycles. The number of carbonyl (C=O) groups excluding carboxylic acids is 1. The summed E-state index contributed by atoms with van der Waals surface area (Å²) in [5.41, 5.74) is 0. The lowest BCUT2D eigenvalue weighted by Gasteiger charge is -2.19. The van der Waals surface area contributed by atoms with E-state index in [2.05, 4.69) is 5.32 Å². The van der Waals surface area contributed by atoms with Gasteiger partial charge >= 0.3 is 0 Å². The third kappa shape index (κ3) is 4.96. The Balaban J connectivity index is 2.30. The van der Waals surface area contributed by atoms with Crippen molar-refractivity contribution < 1.29 is 4.79 Å². The second-order valence-electron chi connectivity index (χ2n) is 4.25. The highest BCUT2D eigenvalue weighted by Gasteiger charge is 2.20. The molecular weight excluding hydrogens is 212 g/mol. The molecule has 1 fully saturated rings. The zero-order chi connectivity index (χ0) is 11.1. The number of Topliss-reactive ketones (excluding diaryl/α,β-unsaturated/α-hetero) is 1. The molecule has 1 aliphatic heterocycles. The fourth-order valence-corrected chi connectivity index (χ4v) is 2.19. The van der Waals surface area contributed by atoms with Gasteiger partial charge in [-0.3, -0.25) is 9.69 Å². The average molecular weight is 233 g/mol. The SMILES string of the molecule is CN(CCCl)CC(=O)C1CCCCCN1. The Morgan fingerprint density at radius 2 is 2.27 bits per heavy atom. The van der Waals surface area contributed by atoms with Crippen molar-refractivity contribution in [1.29, 1.82) is 0 Å². The lowest BCUT2D eigenvalue weighted by molar-refractivity contribution is -0.122. The van der Waals surface area contributed by atoms with Crippen LogP contribution in [0.3, 0.4) is 0 Å². The predicted octanol–water partition coefficient (Wildman–Crippen LogP) is 1.26. The van der Waals surface area contributed by atoms with E-state index in [1.165, 1.54) is 19.3 Å². The van der Waals surface area contributed by atoms with E-state index >= 15 is 0 Å². The molecule has 0 aromatic rings. The first kappa shape index (κ1) is 12.9. The molecule has 0 spiro atoms. The van der Waals surface area contributed by atoms with Crippen LogP contribution in [-0.4, -0.2) is 49.3 Å². The minimum absolute atomic E-state index is 0.0743. The van der Waals surface area contributed by atoms with Crippen molar-refractivity contribution in [2.45, 2.75) is 31.7 Å². The van der Waals surface area contributed by atoms with Gasteiger partial charge in [0.2, 0.25) is 0 Å². The van der Waals surface area contributed by atoms with Crippen molar-refractivity contribution in [3.63, 3.8) is 0 Å². The molecule has 4 heteroatoms. The van der Waals surface area contributed by atoms with Crippen LogP contribution < -0.4 is 5.32 Å². The minimum Gasteiger partial charge on any atom is -0.307 e.